The van der Waals surface area contributed by atoms with Gasteiger partial charge in [0, 0.05) is 0 Å². The van der Waals surface area contributed by atoms with Crippen molar-refractivity contribution in [3.63, 3.8) is 0 Å². The van der Waals surface area contributed by atoms with Gasteiger partial charge in [0.25, 0.3) is 0 Å². The van der Waals surface area contributed by atoms with E-state index in [1.165, 1.54) is 89.9 Å². The highest BCUT2D eigenvalue weighted by Gasteiger charge is 2.58. The molecule has 0 aromatic heterocycles. The van der Waals surface area contributed by atoms with Crippen LogP contribution in [0.5, 0.6) is 0 Å². The normalized spacial score (nSPS) is 40.5. The third kappa shape index (κ3) is 3.79. The average Bonchev–Trinajstić information content (AvgIpc) is 3.09. The van der Waals surface area contributed by atoms with Crippen LogP contribution in [-0.4, -0.2) is 0 Å². The van der Waals surface area contributed by atoms with E-state index in [1.807, 2.05) is 11.1 Å². The van der Waals surface area contributed by atoms with E-state index in [2.05, 4.69) is 48.5 Å². The zero-order chi connectivity index (χ0) is 22.4. The fraction of sp³-hybridized carbons (Fsp3) is 0.935. The highest BCUT2D eigenvalue weighted by molar-refractivity contribution is 5.35. The molecule has 4 aliphatic carbocycles. The number of fused-ring (bicyclic) bond motifs is 4. The van der Waals surface area contributed by atoms with Crippen molar-refractivity contribution < 1.29 is 0 Å². The lowest BCUT2D eigenvalue weighted by Crippen LogP contribution is -2.52. The first kappa shape index (κ1) is 23.9. The van der Waals surface area contributed by atoms with E-state index in [0.717, 1.165) is 29.6 Å². The zero-order valence-electron chi connectivity index (χ0n) is 22.3. The van der Waals surface area contributed by atoms with Crippen LogP contribution >= 0.6 is 0 Å². The molecular formula is C31H54. The lowest BCUT2D eigenvalue weighted by Gasteiger charge is -2.62. The first-order valence-corrected chi connectivity index (χ1v) is 14.4. The molecule has 0 nitrogen and oxygen atoms in total. The van der Waals surface area contributed by atoms with Crippen molar-refractivity contribution in [1.82, 2.24) is 0 Å². The Balaban J connectivity index is 1.58. The molecule has 31 heavy (non-hydrogen) atoms. The first-order chi connectivity index (χ1) is 14.7. The summed E-state index contributed by atoms with van der Waals surface area (Å²) in [6.07, 6.45) is 20.5. The Morgan fingerprint density at radius 2 is 1.61 bits per heavy atom. The van der Waals surface area contributed by atoms with Gasteiger partial charge in [-0.05, 0) is 97.2 Å². The lowest BCUT2D eigenvalue weighted by atomic mass is 9.43. The molecule has 0 heteroatoms. The maximum atomic E-state index is 2.75. The van der Waals surface area contributed by atoms with Crippen molar-refractivity contribution in [3.8, 4) is 0 Å². The summed E-state index contributed by atoms with van der Waals surface area (Å²) in [7, 11) is 0. The average molecular weight is 427 g/mol. The molecule has 3 saturated carbocycles. The molecule has 0 bridgehead atoms. The van der Waals surface area contributed by atoms with Crippen LogP contribution < -0.4 is 0 Å². The summed E-state index contributed by atoms with van der Waals surface area (Å²) in [5.41, 5.74) is 5.77. The molecule has 4 rings (SSSR count). The summed E-state index contributed by atoms with van der Waals surface area (Å²) in [5, 5.41) is 0. The topological polar surface area (TPSA) is 0 Å². The second kappa shape index (κ2) is 8.83. The van der Waals surface area contributed by atoms with E-state index >= 15 is 0 Å². The smallest absolute Gasteiger partial charge is 0.00825 e. The molecule has 178 valence electrons. The van der Waals surface area contributed by atoms with E-state index in [1.54, 1.807) is 0 Å². The van der Waals surface area contributed by atoms with Gasteiger partial charge < -0.3 is 0 Å². The summed E-state index contributed by atoms with van der Waals surface area (Å²) in [5.74, 6) is 4.62. The molecular weight excluding hydrogens is 372 g/mol. The van der Waals surface area contributed by atoms with Gasteiger partial charge in [0.2, 0.25) is 0 Å². The quantitative estimate of drug-likeness (QED) is 0.355. The van der Waals surface area contributed by atoms with Gasteiger partial charge in [0.05, 0.1) is 0 Å². The van der Waals surface area contributed by atoms with Crippen LogP contribution in [-0.2, 0) is 0 Å². The van der Waals surface area contributed by atoms with E-state index in [4.69, 9.17) is 0 Å². The second-order valence-corrected chi connectivity index (χ2v) is 13.5. The summed E-state index contributed by atoms with van der Waals surface area (Å²) in [4.78, 5) is 0. The Morgan fingerprint density at radius 3 is 2.29 bits per heavy atom. The SMILES string of the molecule is CCC1(CC)CCC[C@@]2(C)C1CCC1=C3CC[C@H]([C@H](C)CCCC(C)C)[C@@]3(C)CC[C@@H]12. The van der Waals surface area contributed by atoms with Gasteiger partial charge in [-0.3, -0.25) is 0 Å². The lowest BCUT2D eigenvalue weighted by molar-refractivity contribution is -0.0831. The van der Waals surface area contributed by atoms with Crippen LogP contribution in [0.3, 0.4) is 0 Å². The van der Waals surface area contributed by atoms with Crippen LogP contribution in [0.1, 0.15) is 138 Å². The maximum absolute atomic E-state index is 2.75. The van der Waals surface area contributed by atoms with Gasteiger partial charge in [-0.2, -0.15) is 0 Å². The van der Waals surface area contributed by atoms with Crippen molar-refractivity contribution in [2.45, 2.75) is 138 Å². The van der Waals surface area contributed by atoms with Gasteiger partial charge in [0.15, 0.2) is 0 Å². The monoisotopic (exact) mass is 426 g/mol. The first-order valence-electron chi connectivity index (χ1n) is 14.4. The fourth-order valence-electron chi connectivity index (χ4n) is 10.2. The Morgan fingerprint density at radius 1 is 0.871 bits per heavy atom. The maximum Gasteiger partial charge on any atom is -0.00825 e. The summed E-state index contributed by atoms with van der Waals surface area (Å²) in [6.45, 7) is 17.8. The molecule has 0 N–H and O–H groups in total. The Hall–Kier alpha value is -0.260. The van der Waals surface area contributed by atoms with Gasteiger partial charge in [-0.15, -0.1) is 0 Å². The number of hydrogen-bond acceptors (Lipinski definition) is 0. The molecule has 0 heterocycles. The molecule has 0 amide bonds. The molecule has 4 aliphatic rings. The van der Waals surface area contributed by atoms with Gasteiger partial charge in [0.1, 0.15) is 0 Å². The van der Waals surface area contributed by atoms with Crippen molar-refractivity contribution in [1.29, 1.82) is 0 Å². The predicted molar refractivity (Wildman–Crippen MR) is 136 cm³/mol. The summed E-state index contributed by atoms with van der Waals surface area (Å²) >= 11 is 0. The number of allylic oxidation sites excluding steroid dienone is 2. The van der Waals surface area contributed by atoms with Crippen molar-refractivity contribution in [2.24, 2.45) is 45.8 Å². The summed E-state index contributed by atoms with van der Waals surface area (Å²) < 4.78 is 0. The highest BCUT2D eigenvalue weighted by Crippen LogP contribution is 2.69. The molecule has 0 aromatic carbocycles. The van der Waals surface area contributed by atoms with E-state index < -0.39 is 0 Å². The minimum atomic E-state index is 0.535. The second-order valence-electron chi connectivity index (χ2n) is 13.5. The fourth-order valence-corrected chi connectivity index (χ4v) is 10.2. The van der Waals surface area contributed by atoms with Crippen molar-refractivity contribution in [3.05, 3.63) is 11.1 Å². The number of hydrogen-bond donors (Lipinski definition) is 0. The molecule has 0 spiro atoms. The Bertz CT molecular complexity index is 664. The van der Waals surface area contributed by atoms with Crippen molar-refractivity contribution in [2.75, 3.05) is 0 Å². The molecule has 0 aliphatic heterocycles. The summed E-state index contributed by atoms with van der Waals surface area (Å²) in [6, 6.07) is 0. The molecule has 0 aromatic rings. The molecule has 6 atom stereocenters. The Labute approximate surface area is 195 Å². The van der Waals surface area contributed by atoms with E-state index in [-0.39, 0.29) is 0 Å². The van der Waals surface area contributed by atoms with Gasteiger partial charge in [-0.1, -0.05) is 98.1 Å². The third-order valence-corrected chi connectivity index (χ3v) is 11.9. The third-order valence-electron chi connectivity index (χ3n) is 11.9. The van der Waals surface area contributed by atoms with Crippen LogP contribution in [0.4, 0.5) is 0 Å². The van der Waals surface area contributed by atoms with Gasteiger partial charge in [-0.25, -0.2) is 0 Å². The van der Waals surface area contributed by atoms with Crippen LogP contribution in [0.2, 0.25) is 0 Å². The van der Waals surface area contributed by atoms with E-state index in [0.29, 0.717) is 16.2 Å². The van der Waals surface area contributed by atoms with Crippen LogP contribution in [0.15, 0.2) is 11.1 Å². The molecule has 0 saturated heterocycles. The molecule has 3 fully saturated rings. The molecule has 1 unspecified atom stereocenters. The predicted octanol–water partition coefficient (Wildman–Crippen LogP) is 9.98. The standard InChI is InChI=1S/C31H54/c1-8-31(9-2)20-11-19-30(7)27-18-21-29(6)25(23(5)13-10-12-22(3)4)15-16-26(29)24(27)14-17-28(30)31/h22-23,25,27-28H,8-21H2,1-7H3/t23-,25-,27+,28?,29-,30-/m1/s1. The van der Waals surface area contributed by atoms with Crippen LogP contribution in [0.25, 0.3) is 0 Å². The van der Waals surface area contributed by atoms with Crippen LogP contribution in [0, 0.1) is 45.8 Å². The minimum absolute atomic E-state index is 0.535. The van der Waals surface area contributed by atoms with E-state index in [9.17, 15) is 0 Å². The largest absolute Gasteiger partial charge is 0.0668 e. The Kier molecular flexibility index (Phi) is 6.80. The number of rotatable bonds is 7. The van der Waals surface area contributed by atoms with Gasteiger partial charge >= 0.3 is 0 Å². The minimum Gasteiger partial charge on any atom is -0.0668 e. The highest BCUT2D eigenvalue weighted by atomic mass is 14.6. The molecule has 0 radical (unpaired) electrons. The van der Waals surface area contributed by atoms with Crippen molar-refractivity contribution >= 4 is 0 Å². The zero-order valence-corrected chi connectivity index (χ0v) is 22.3.